The maximum Gasteiger partial charge on any atom is 0.274 e. The SMILES string of the molecule is CCN(Cc1ccccc1)C(=O)c1ccnc(C(=O)Nc2c(F)cccc2F)c1. The van der Waals surface area contributed by atoms with Crippen molar-refractivity contribution in [2.45, 2.75) is 13.5 Å². The number of nitrogens with one attached hydrogen (secondary N) is 1. The molecule has 5 nitrogen and oxygen atoms in total. The molecule has 0 spiro atoms. The number of pyridine rings is 1. The molecule has 148 valence electrons. The average molecular weight is 395 g/mol. The Balaban J connectivity index is 1.79. The van der Waals surface area contributed by atoms with Crippen molar-refractivity contribution < 1.29 is 18.4 Å². The van der Waals surface area contributed by atoms with Crippen molar-refractivity contribution >= 4 is 17.5 Å². The quantitative estimate of drug-likeness (QED) is 0.678. The van der Waals surface area contributed by atoms with Gasteiger partial charge in [0.2, 0.25) is 0 Å². The molecular weight excluding hydrogens is 376 g/mol. The van der Waals surface area contributed by atoms with Crippen LogP contribution < -0.4 is 5.32 Å². The number of hydrogen-bond acceptors (Lipinski definition) is 3. The third-order valence-electron chi connectivity index (χ3n) is 4.33. The van der Waals surface area contributed by atoms with E-state index in [1.165, 1.54) is 24.4 Å². The Kier molecular flexibility index (Phi) is 6.29. The highest BCUT2D eigenvalue weighted by Gasteiger charge is 2.19. The Hall–Kier alpha value is -3.61. The fourth-order valence-corrected chi connectivity index (χ4v) is 2.80. The summed E-state index contributed by atoms with van der Waals surface area (Å²) in [6, 6.07) is 15.6. The summed E-state index contributed by atoms with van der Waals surface area (Å²) in [5.74, 6) is -2.88. The average Bonchev–Trinajstić information content (AvgIpc) is 2.75. The number of amides is 2. The lowest BCUT2D eigenvalue weighted by molar-refractivity contribution is 0.0752. The van der Waals surface area contributed by atoms with Gasteiger partial charge in [0.05, 0.1) is 0 Å². The van der Waals surface area contributed by atoms with Gasteiger partial charge in [-0.3, -0.25) is 14.6 Å². The second-order valence-corrected chi connectivity index (χ2v) is 6.29. The maximum absolute atomic E-state index is 13.8. The molecule has 2 amide bonds. The van der Waals surface area contributed by atoms with Crippen molar-refractivity contribution in [1.29, 1.82) is 0 Å². The molecule has 0 aliphatic heterocycles. The minimum absolute atomic E-state index is 0.116. The van der Waals surface area contributed by atoms with Gasteiger partial charge in [-0.2, -0.15) is 0 Å². The summed E-state index contributed by atoms with van der Waals surface area (Å²) >= 11 is 0. The topological polar surface area (TPSA) is 62.3 Å². The van der Waals surface area contributed by atoms with E-state index >= 15 is 0 Å². The van der Waals surface area contributed by atoms with Gasteiger partial charge in [0.25, 0.3) is 11.8 Å². The summed E-state index contributed by atoms with van der Waals surface area (Å²) in [7, 11) is 0. The largest absolute Gasteiger partial charge is 0.335 e. The summed E-state index contributed by atoms with van der Waals surface area (Å²) in [6.07, 6.45) is 1.32. The highest BCUT2D eigenvalue weighted by molar-refractivity contribution is 6.04. The molecule has 3 aromatic rings. The zero-order valence-corrected chi connectivity index (χ0v) is 15.7. The van der Waals surface area contributed by atoms with Gasteiger partial charge in [-0.05, 0) is 36.8 Å². The molecule has 0 unspecified atom stereocenters. The van der Waals surface area contributed by atoms with Crippen LogP contribution in [0.4, 0.5) is 14.5 Å². The summed E-state index contributed by atoms with van der Waals surface area (Å²) in [5, 5.41) is 2.17. The smallest absolute Gasteiger partial charge is 0.274 e. The van der Waals surface area contributed by atoms with Crippen LogP contribution in [0.2, 0.25) is 0 Å². The number of benzene rings is 2. The van der Waals surface area contributed by atoms with Crippen molar-refractivity contribution in [3.05, 3.63) is 95.3 Å². The predicted molar refractivity (Wildman–Crippen MR) is 105 cm³/mol. The van der Waals surface area contributed by atoms with E-state index in [4.69, 9.17) is 0 Å². The van der Waals surface area contributed by atoms with E-state index in [-0.39, 0.29) is 17.2 Å². The molecule has 0 saturated carbocycles. The summed E-state index contributed by atoms with van der Waals surface area (Å²) in [4.78, 5) is 30.8. The number of nitrogens with zero attached hydrogens (tertiary/aromatic N) is 2. The Morgan fingerprint density at radius 3 is 2.34 bits per heavy atom. The van der Waals surface area contributed by atoms with Gasteiger partial charge in [0.1, 0.15) is 23.0 Å². The molecule has 0 atom stereocenters. The van der Waals surface area contributed by atoms with Crippen LogP contribution in [0.15, 0.2) is 66.9 Å². The van der Waals surface area contributed by atoms with E-state index in [2.05, 4.69) is 10.3 Å². The van der Waals surface area contributed by atoms with Crippen LogP contribution in [0.3, 0.4) is 0 Å². The fraction of sp³-hybridized carbons (Fsp3) is 0.136. The summed E-state index contributed by atoms with van der Waals surface area (Å²) in [5.41, 5.74) is 0.561. The van der Waals surface area contributed by atoms with Crippen molar-refractivity contribution in [1.82, 2.24) is 9.88 Å². The van der Waals surface area contributed by atoms with E-state index in [0.29, 0.717) is 13.1 Å². The fourth-order valence-electron chi connectivity index (χ4n) is 2.80. The Bertz CT molecular complexity index is 1010. The van der Waals surface area contributed by atoms with E-state index in [1.54, 1.807) is 4.90 Å². The molecule has 2 aromatic carbocycles. The Morgan fingerprint density at radius 2 is 1.69 bits per heavy atom. The number of halogens is 2. The first kappa shape index (κ1) is 20.1. The van der Waals surface area contributed by atoms with Gasteiger partial charge >= 0.3 is 0 Å². The molecule has 1 aromatic heterocycles. The molecule has 1 heterocycles. The molecule has 1 N–H and O–H groups in total. The number of anilines is 1. The minimum Gasteiger partial charge on any atom is -0.335 e. The van der Waals surface area contributed by atoms with Gasteiger partial charge in [-0.15, -0.1) is 0 Å². The van der Waals surface area contributed by atoms with Crippen LogP contribution in [0.5, 0.6) is 0 Å². The molecule has 7 heteroatoms. The molecular formula is C22H19F2N3O2. The second-order valence-electron chi connectivity index (χ2n) is 6.29. The zero-order chi connectivity index (χ0) is 20.8. The highest BCUT2D eigenvalue weighted by Crippen LogP contribution is 2.19. The maximum atomic E-state index is 13.8. The summed E-state index contributed by atoms with van der Waals surface area (Å²) < 4.78 is 27.5. The van der Waals surface area contributed by atoms with Gasteiger partial charge in [-0.1, -0.05) is 36.4 Å². The number of para-hydroxylation sites is 1. The van der Waals surface area contributed by atoms with E-state index in [1.807, 2.05) is 37.3 Å². The van der Waals surface area contributed by atoms with Gasteiger partial charge < -0.3 is 10.2 Å². The normalized spacial score (nSPS) is 10.4. The molecule has 0 fully saturated rings. The Labute approximate surface area is 167 Å². The van der Waals surface area contributed by atoms with E-state index in [0.717, 1.165) is 17.7 Å². The van der Waals surface area contributed by atoms with Crippen LogP contribution >= 0.6 is 0 Å². The van der Waals surface area contributed by atoms with Gasteiger partial charge in [-0.25, -0.2) is 8.78 Å². The Morgan fingerprint density at radius 1 is 1.00 bits per heavy atom. The third-order valence-corrected chi connectivity index (χ3v) is 4.33. The lowest BCUT2D eigenvalue weighted by Crippen LogP contribution is -2.30. The monoisotopic (exact) mass is 395 g/mol. The lowest BCUT2D eigenvalue weighted by atomic mass is 10.1. The number of rotatable bonds is 6. The minimum atomic E-state index is -0.898. The van der Waals surface area contributed by atoms with Crippen LogP contribution in [-0.2, 0) is 6.54 Å². The molecule has 0 saturated heterocycles. The number of carbonyl (C=O) groups excluding carboxylic acids is 2. The van der Waals surface area contributed by atoms with Crippen LogP contribution in [-0.4, -0.2) is 28.2 Å². The van der Waals surface area contributed by atoms with Crippen molar-refractivity contribution in [3.63, 3.8) is 0 Å². The second kappa shape index (κ2) is 9.05. The van der Waals surface area contributed by atoms with E-state index < -0.39 is 23.2 Å². The number of aromatic nitrogens is 1. The lowest BCUT2D eigenvalue weighted by Gasteiger charge is -2.21. The first-order valence-corrected chi connectivity index (χ1v) is 9.04. The molecule has 0 aliphatic rings. The number of hydrogen-bond donors (Lipinski definition) is 1. The highest BCUT2D eigenvalue weighted by atomic mass is 19.1. The number of carbonyl (C=O) groups is 2. The summed E-state index contributed by atoms with van der Waals surface area (Å²) in [6.45, 7) is 2.75. The van der Waals surface area contributed by atoms with Crippen LogP contribution in [0, 0.1) is 11.6 Å². The molecule has 3 rings (SSSR count). The van der Waals surface area contributed by atoms with Crippen LogP contribution in [0.1, 0.15) is 33.3 Å². The third kappa shape index (κ3) is 4.82. The van der Waals surface area contributed by atoms with Crippen molar-refractivity contribution in [2.75, 3.05) is 11.9 Å². The first-order valence-electron chi connectivity index (χ1n) is 9.04. The molecule has 29 heavy (non-hydrogen) atoms. The van der Waals surface area contributed by atoms with Gasteiger partial charge in [0, 0.05) is 24.8 Å². The first-order chi connectivity index (χ1) is 14.0. The van der Waals surface area contributed by atoms with Crippen molar-refractivity contribution in [3.8, 4) is 0 Å². The van der Waals surface area contributed by atoms with Gasteiger partial charge in [0.15, 0.2) is 0 Å². The standard InChI is InChI=1S/C22H19F2N3O2/c1-2-27(14-15-7-4-3-5-8-15)22(29)16-11-12-25-19(13-16)21(28)26-20-17(23)9-6-10-18(20)24/h3-13H,2,14H2,1H3,(H,26,28). The van der Waals surface area contributed by atoms with Crippen LogP contribution in [0.25, 0.3) is 0 Å². The predicted octanol–water partition coefficient (Wildman–Crippen LogP) is 4.27. The van der Waals surface area contributed by atoms with E-state index in [9.17, 15) is 18.4 Å². The molecule has 0 radical (unpaired) electrons. The molecule has 0 aliphatic carbocycles. The molecule has 0 bridgehead atoms. The zero-order valence-electron chi connectivity index (χ0n) is 15.7. The van der Waals surface area contributed by atoms with Crippen molar-refractivity contribution in [2.24, 2.45) is 0 Å².